The maximum absolute atomic E-state index is 13.7. The number of nitrogens with one attached hydrogen (secondary N) is 2. The van der Waals surface area contributed by atoms with Crippen molar-refractivity contribution >= 4 is 40.8 Å². The summed E-state index contributed by atoms with van der Waals surface area (Å²) in [5.74, 6) is -0.235. The van der Waals surface area contributed by atoms with Crippen LogP contribution in [-0.4, -0.2) is 65.5 Å². The summed E-state index contributed by atoms with van der Waals surface area (Å²) in [6.45, 7) is 5.01. The zero-order valence-electron chi connectivity index (χ0n) is 19.5. The molecule has 2 aromatic carbocycles. The molecule has 0 unspecified atom stereocenters. The number of nitrogens with zero attached hydrogens (tertiary/aromatic N) is 3. The van der Waals surface area contributed by atoms with Gasteiger partial charge < -0.3 is 25.3 Å². The maximum atomic E-state index is 13.7. The van der Waals surface area contributed by atoms with Crippen LogP contribution in [0.2, 0.25) is 5.02 Å². The topological polar surface area (TPSA) is 85.0 Å². The van der Waals surface area contributed by atoms with Crippen molar-refractivity contribution in [3.63, 3.8) is 0 Å². The molecule has 0 bridgehead atoms. The molecule has 9 heteroatoms. The lowest BCUT2D eigenvalue weighted by Gasteiger charge is -2.43. The fraction of sp³-hybridized carbons (Fsp3) is 0.400. The van der Waals surface area contributed by atoms with Crippen LogP contribution in [0.25, 0.3) is 0 Å². The van der Waals surface area contributed by atoms with Gasteiger partial charge in [-0.15, -0.1) is 0 Å². The lowest BCUT2D eigenvalue weighted by molar-refractivity contribution is -0.137. The molecule has 2 fully saturated rings. The van der Waals surface area contributed by atoms with E-state index in [0.717, 1.165) is 5.69 Å². The number of para-hydroxylation sites is 1. The predicted molar refractivity (Wildman–Crippen MR) is 133 cm³/mol. The molecule has 2 aromatic rings. The third kappa shape index (κ3) is 4.97. The van der Waals surface area contributed by atoms with E-state index in [2.05, 4.69) is 15.5 Å². The summed E-state index contributed by atoms with van der Waals surface area (Å²) in [5, 5.41) is 6.36. The quantitative estimate of drug-likeness (QED) is 0.681. The largest absolute Gasteiger partial charge is 0.352 e. The molecular weight excluding hydrogens is 454 g/mol. The Morgan fingerprint density at radius 2 is 1.68 bits per heavy atom. The van der Waals surface area contributed by atoms with Gasteiger partial charge in [-0.1, -0.05) is 29.8 Å². The van der Waals surface area contributed by atoms with Crippen LogP contribution in [0.3, 0.4) is 0 Å². The third-order valence-electron chi connectivity index (χ3n) is 6.34. The zero-order valence-corrected chi connectivity index (χ0v) is 20.2. The first-order chi connectivity index (χ1) is 16.3. The highest BCUT2D eigenvalue weighted by Gasteiger charge is 2.54. The molecule has 0 aromatic heterocycles. The van der Waals surface area contributed by atoms with Crippen molar-refractivity contribution in [1.82, 2.24) is 15.1 Å². The van der Waals surface area contributed by atoms with Gasteiger partial charge in [-0.25, -0.2) is 4.79 Å². The molecule has 0 saturated carbocycles. The van der Waals surface area contributed by atoms with Crippen LogP contribution in [0.1, 0.15) is 26.7 Å². The summed E-state index contributed by atoms with van der Waals surface area (Å²) in [7, 11) is 0. The van der Waals surface area contributed by atoms with Crippen LogP contribution in [0.15, 0.2) is 54.6 Å². The zero-order chi connectivity index (χ0) is 24.3. The summed E-state index contributed by atoms with van der Waals surface area (Å²) in [4.78, 5) is 44.3. The average molecular weight is 484 g/mol. The number of carbonyl (C=O) groups excluding carboxylic acids is 3. The van der Waals surface area contributed by atoms with Crippen LogP contribution in [0, 0.1) is 0 Å². The number of amides is 4. The predicted octanol–water partition coefficient (Wildman–Crippen LogP) is 3.54. The van der Waals surface area contributed by atoms with Crippen molar-refractivity contribution in [1.29, 1.82) is 0 Å². The fourth-order valence-electron chi connectivity index (χ4n) is 4.68. The average Bonchev–Trinajstić information content (AvgIpc) is 3.07. The van der Waals surface area contributed by atoms with Crippen molar-refractivity contribution in [3.8, 4) is 0 Å². The highest BCUT2D eigenvalue weighted by Crippen LogP contribution is 2.39. The number of carbonyl (C=O) groups is 3. The summed E-state index contributed by atoms with van der Waals surface area (Å²) < 4.78 is 0. The molecule has 2 heterocycles. The van der Waals surface area contributed by atoms with E-state index in [9.17, 15) is 14.4 Å². The van der Waals surface area contributed by atoms with Crippen LogP contribution >= 0.6 is 11.6 Å². The molecule has 2 saturated heterocycles. The summed E-state index contributed by atoms with van der Waals surface area (Å²) in [5.41, 5.74) is 0.817. The molecule has 2 N–H and O–H groups in total. The van der Waals surface area contributed by atoms with Crippen molar-refractivity contribution in [2.45, 2.75) is 38.3 Å². The number of piperidine rings is 1. The lowest BCUT2D eigenvalue weighted by atomic mass is 9.85. The van der Waals surface area contributed by atoms with Crippen LogP contribution in [-0.2, 0) is 9.59 Å². The second kappa shape index (κ2) is 9.93. The Kier molecular flexibility index (Phi) is 6.97. The summed E-state index contributed by atoms with van der Waals surface area (Å²) >= 11 is 5.92. The van der Waals surface area contributed by atoms with Crippen LogP contribution in [0.5, 0.6) is 0 Å². The number of halogens is 1. The van der Waals surface area contributed by atoms with Gasteiger partial charge in [0.2, 0.25) is 5.91 Å². The minimum absolute atomic E-state index is 0.00628. The Bertz CT molecular complexity index is 1040. The molecule has 1 spiro atoms. The van der Waals surface area contributed by atoms with E-state index >= 15 is 0 Å². The molecule has 4 rings (SSSR count). The first kappa shape index (κ1) is 23.9. The molecule has 0 atom stereocenters. The Hall–Kier alpha value is -3.26. The number of urea groups is 1. The number of benzene rings is 2. The second-order valence-corrected chi connectivity index (χ2v) is 9.52. The van der Waals surface area contributed by atoms with E-state index in [-0.39, 0.29) is 30.4 Å². The van der Waals surface area contributed by atoms with E-state index in [1.54, 1.807) is 34.1 Å². The molecule has 0 radical (unpaired) electrons. The maximum Gasteiger partial charge on any atom is 0.321 e. The van der Waals surface area contributed by atoms with Gasteiger partial charge in [0.15, 0.2) is 0 Å². The van der Waals surface area contributed by atoms with Crippen molar-refractivity contribution in [2.24, 2.45) is 0 Å². The van der Waals surface area contributed by atoms with Crippen LogP contribution in [0.4, 0.5) is 16.2 Å². The van der Waals surface area contributed by atoms with Crippen LogP contribution < -0.4 is 15.5 Å². The van der Waals surface area contributed by atoms with Crippen molar-refractivity contribution in [2.75, 3.05) is 36.5 Å². The fourth-order valence-corrected chi connectivity index (χ4v) is 4.80. The molecular formula is C25H30ClN5O3. The highest BCUT2D eigenvalue weighted by atomic mass is 35.5. The van der Waals surface area contributed by atoms with Gasteiger partial charge in [-0.05, 0) is 63.1 Å². The van der Waals surface area contributed by atoms with Gasteiger partial charge in [0.1, 0.15) is 12.1 Å². The Balaban J connectivity index is 1.49. The molecule has 180 valence electrons. The number of anilines is 2. The number of hydrogen-bond donors (Lipinski definition) is 2. The molecule has 2 aliphatic rings. The molecule has 34 heavy (non-hydrogen) atoms. The van der Waals surface area contributed by atoms with E-state index in [1.165, 1.54) is 0 Å². The Morgan fingerprint density at radius 3 is 2.29 bits per heavy atom. The van der Waals surface area contributed by atoms with E-state index in [4.69, 9.17) is 11.6 Å². The minimum atomic E-state index is -0.781. The van der Waals surface area contributed by atoms with Gasteiger partial charge in [-0.3, -0.25) is 9.59 Å². The molecule has 8 nitrogen and oxygen atoms in total. The molecule has 4 amide bonds. The highest BCUT2D eigenvalue weighted by molar-refractivity contribution is 6.30. The van der Waals surface area contributed by atoms with E-state index < -0.39 is 5.54 Å². The van der Waals surface area contributed by atoms with E-state index in [0.29, 0.717) is 43.3 Å². The summed E-state index contributed by atoms with van der Waals surface area (Å²) in [6.07, 6.45) is 0.966. The number of likely N-dealkylation sites (tertiary alicyclic amines) is 1. The second-order valence-electron chi connectivity index (χ2n) is 9.09. The van der Waals surface area contributed by atoms with Crippen molar-refractivity contribution < 1.29 is 14.4 Å². The lowest BCUT2D eigenvalue weighted by Crippen LogP contribution is -2.58. The number of hydrogen-bond acceptors (Lipinski definition) is 4. The molecule has 2 aliphatic heterocycles. The monoisotopic (exact) mass is 483 g/mol. The Morgan fingerprint density at radius 1 is 1.03 bits per heavy atom. The third-order valence-corrected chi connectivity index (χ3v) is 6.59. The van der Waals surface area contributed by atoms with E-state index in [1.807, 2.05) is 44.2 Å². The molecule has 0 aliphatic carbocycles. The normalized spacial score (nSPS) is 17.4. The number of rotatable bonds is 5. The summed E-state index contributed by atoms with van der Waals surface area (Å²) in [6, 6.07) is 16.5. The smallest absolute Gasteiger partial charge is 0.321 e. The van der Waals surface area contributed by atoms with Gasteiger partial charge in [0.05, 0.1) is 6.67 Å². The minimum Gasteiger partial charge on any atom is -0.352 e. The van der Waals surface area contributed by atoms with Gasteiger partial charge >= 0.3 is 6.03 Å². The van der Waals surface area contributed by atoms with Gasteiger partial charge in [0.25, 0.3) is 5.91 Å². The SMILES string of the molecule is CC(C)NC(=O)CN1CN(c2ccccc2)C2(CCN(C(=O)Nc3ccc(Cl)cc3)CC2)C1=O. The Labute approximate surface area is 204 Å². The first-order valence-electron chi connectivity index (χ1n) is 11.5. The van der Waals surface area contributed by atoms with Gasteiger partial charge in [-0.2, -0.15) is 0 Å². The van der Waals surface area contributed by atoms with Gasteiger partial charge in [0, 0.05) is 35.5 Å². The first-order valence-corrected chi connectivity index (χ1v) is 11.9. The van der Waals surface area contributed by atoms with Crippen molar-refractivity contribution in [3.05, 3.63) is 59.6 Å². The standard InChI is InChI=1S/C25H30ClN5O3/c1-18(2)27-22(32)16-30-17-31(21-6-4-3-5-7-21)25(23(30)33)12-14-29(15-13-25)24(34)28-20-10-8-19(26)9-11-20/h3-11,18H,12-17H2,1-2H3,(H,27,32)(H,28,34).